The number of hydrogen-bond donors (Lipinski definition) is 1. The number of anilines is 1. The van der Waals surface area contributed by atoms with Crippen LogP contribution in [0.4, 0.5) is 5.69 Å². The molecule has 0 amide bonds. The van der Waals surface area contributed by atoms with Gasteiger partial charge in [-0.15, -0.1) is 0 Å². The Morgan fingerprint density at radius 3 is 2.69 bits per heavy atom. The lowest BCUT2D eigenvalue weighted by Crippen LogP contribution is -2.23. The molecule has 3 nitrogen and oxygen atoms in total. The van der Waals surface area contributed by atoms with E-state index in [4.69, 9.17) is 0 Å². The number of benzene rings is 1. The molecule has 0 unspecified atom stereocenters. The van der Waals surface area contributed by atoms with Crippen molar-refractivity contribution in [1.29, 1.82) is 0 Å². The van der Waals surface area contributed by atoms with Gasteiger partial charge in [0.05, 0.1) is 5.52 Å². The van der Waals surface area contributed by atoms with Gasteiger partial charge in [0.1, 0.15) is 5.69 Å². The molecule has 84 valence electrons. The zero-order valence-electron chi connectivity index (χ0n) is 9.66. The Bertz CT molecular complexity index is 557. The maximum Gasteiger partial charge on any atom is 0.274 e. The predicted octanol–water partition coefficient (Wildman–Crippen LogP) is 2.45. The number of fused-ring (bicyclic) bond motifs is 1. The molecule has 0 saturated heterocycles. The third kappa shape index (κ3) is 1.69. The van der Waals surface area contributed by atoms with Gasteiger partial charge in [-0.25, -0.2) is 0 Å². The molecule has 0 spiro atoms. The predicted molar refractivity (Wildman–Crippen MR) is 68.0 cm³/mol. The summed E-state index contributed by atoms with van der Waals surface area (Å²) in [4.78, 5) is 12.1. The molecule has 2 rings (SSSR count). The fraction of sp³-hybridized carbons (Fsp3) is 0.308. The van der Waals surface area contributed by atoms with Crippen molar-refractivity contribution in [2.24, 2.45) is 0 Å². The molecule has 3 heteroatoms. The number of nitrogens with one attached hydrogen (secondary N) is 1. The average molecular weight is 216 g/mol. The molecule has 0 radical (unpaired) electrons. The summed E-state index contributed by atoms with van der Waals surface area (Å²) in [5.74, 6) is 0. The van der Waals surface area contributed by atoms with E-state index in [9.17, 15) is 4.79 Å². The van der Waals surface area contributed by atoms with E-state index in [1.165, 1.54) is 0 Å². The van der Waals surface area contributed by atoms with Crippen LogP contribution in [0.15, 0.2) is 35.1 Å². The van der Waals surface area contributed by atoms with E-state index in [-0.39, 0.29) is 5.56 Å². The van der Waals surface area contributed by atoms with Crippen LogP contribution in [0, 0.1) is 0 Å². The molecule has 1 aromatic carbocycles. The first kappa shape index (κ1) is 10.7. The quantitative estimate of drug-likeness (QED) is 0.855. The molecular formula is C13H16N2O. The van der Waals surface area contributed by atoms with Crippen molar-refractivity contribution >= 4 is 16.6 Å². The fourth-order valence-electron chi connectivity index (χ4n) is 1.96. The summed E-state index contributed by atoms with van der Waals surface area (Å²) in [6.45, 7) is 5.43. The van der Waals surface area contributed by atoms with Crippen molar-refractivity contribution in [2.45, 2.75) is 20.4 Å². The standard InChI is InChI=1S/C13H16N2O/c1-3-14-11-9-10-7-5-6-8-12(10)15(4-2)13(11)16/h5-9,14H,3-4H2,1-2H3. The summed E-state index contributed by atoms with van der Waals surface area (Å²) in [5.41, 5.74) is 1.74. The van der Waals surface area contributed by atoms with Gasteiger partial charge in [-0.1, -0.05) is 18.2 Å². The van der Waals surface area contributed by atoms with Gasteiger partial charge in [-0.05, 0) is 26.0 Å². The Labute approximate surface area is 94.7 Å². The van der Waals surface area contributed by atoms with Crippen molar-refractivity contribution in [3.63, 3.8) is 0 Å². The number of para-hydroxylation sites is 1. The minimum atomic E-state index is 0.0584. The number of pyridine rings is 1. The van der Waals surface area contributed by atoms with Crippen LogP contribution in [0.5, 0.6) is 0 Å². The highest BCUT2D eigenvalue weighted by molar-refractivity contribution is 5.82. The second-order valence-electron chi connectivity index (χ2n) is 3.70. The zero-order valence-corrected chi connectivity index (χ0v) is 9.66. The second-order valence-corrected chi connectivity index (χ2v) is 3.70. The first-order valence-electron chi connectivity index (χ1n) is 5.64. The number of aromatic nitrogens is 1. The van der Waals surface area contributed by atoms with E-state index in [2.05, 4.69) is 5.32 Å². The third-order valence-electron chi connectivity index (χ3n) is 2.69. The highest BCUT2D eigenvalue weighted by Gasteiger charge is 2.06. The van der Waals surface area contributed by atoms with Crippen LogP contribution in [0.3, 0.4) is 0 Å². The number of hydrogen-bond acceptors (Lipinski definition) is 2. The van der Waals surface area contributed by atoms with E-state index in [1.807, 2.05) is 44.2 Å². The van der Waals surface area contributed by atoms with Crippen LogP contribution in [-0.4, -0.2) is 11.1 Å². The molecule has 2 aromatic rings. The normalized spacial score (nSPS) is 10.6. The highest BCUT2D eigenvalue weighted by Crippen LogP contribution is 2.15. The van der Waals surface area contributed by atoms with Crippen LogP contribution in [-0.2, 0) is 6.54 Å². The summed E-state index contributed by atoms with van der Waals surface area (Å²) >= 11 is 0. The first-order chi connectivity index (χ1) is 7.77. The van der Waals surface area contributed by atoms with E-state index in [0.29, 0.717) is 12.2 Å². The largest absolute Gasteiger partial charge is 0.381 e. The minimum absolute atomic E-state index is 0.0584. The number of nitrogens with zero attached hydrogens (tertiary/aromatic N) is 1. The molecule has 0 aliphatic rings. The molecule has 0 aliphatic carbocycles. The molecule has 0 fully saturated rings. The van der Waals surface area contributed by atoms with Gasteiger partial charge < -0.3 is 9.88 Å². The monoisotopic (exact) mass is 216 g/mol. The Balaban J connectivity index is 2.77. The Morgan fingerprint density at radius 1 is 1.25 bits per heavy atom. The summed E-state index contributed by atoms with van der Waals surface area (Å²) in [6.07, 6.45) is 0. The molecule has 1 N–H and O–H groups in total. The van der Waals surface area contributed by atoms with Crippen molar-refractivity contribution in [1.82, 2.24) is 4.57 Å². The van der Waals surface area contributed by atoms with Gasteiger partial charge in [-0.2, -0.15) is 0 Å². The Kier molecular flexibility index (Phi) is 2.95. The van der Waals surface area contributed by atoms with E-state index in [0.717, 1.165) is 17.4 Å². The SMILES string of the molecule is CCNc1cc2ccccc2n(CC)c1=O. The summed E-state index contributed by atoms with van der Waals surface area (Å²) in [6, 6.07) is 9.88. The van der Waals surface area contributed by atoms with Crippen molar-refractivity contribution in [3.8, 4) is 0 Å². The molecule has 0 bridgehead atoms. The molecule has 0 aliphatic heterocycles. The zero-order chi connectivity index (χ0) is 11.5. The van der Waals surface area contributed by atoms with Crippen LogP contribution in [0.2, 0.25) is 0 Å². The molecular weight excluding hydrogens is 200 g/mol. The van der Waals surface area contributed by atoms with Gasteiger partial charge in [-0.3, -0.25) is 4.79 Å². The maximum atomic E-state index is 12.1. The van der Waals surface area contributed by atoms with Gasteiger partial charge in [0.25, 0.3) is 5.56 Å². The van der Waals surface area contributed by atoms with E-state index >= 15 is 0 Å². The fourth-order valence-corrected chi connectivity index (χ4v) is 1.96. The summed E-state index contributed by atoms with van der Waals surface area (Å²) < 4.78 is 1.80. The Morgan fingerprint density at radius 2 is 2.00 bits per heavy atom. The van der Waals surface area contributed by atoms with Crippen LogP contribution < -0.4 is 10.9 Å². The molecule has 0 saturated carbocycles. The summed E-state index contributed by atoms with van der Waals surface area (Å²) in [5, 5.41) is 4.21. The second kappa shape index (κ2) is 4.39. The third-order valence-corrected chi connectivity index (χ3v) is 2.69. The molecule has 0 atom stereocenters. The van der Waals surface area contributed by atoms with Gasteiger partial charge in [0.2, 0.25) is 0 Å². The van der Waals surface area contributed by atoms with Gasteiger partial charge in [0.15, 0.2) is 0 Å². The molecule has 1 heterocycles. The lowest BCUT2D eigenvalue weighted by atomic mass is 10.2. The smallest absolute Gasteiger partial charge is 0.274 e. The maximum absolute atomic E-state index is 12.1. The minimum Gasteiger partial charge on any atom is -0.381 e. The van der Waals surface area contributed by atoms with E-state index in [1.54, 1.807) is 4.57 Å². The van der Waals surface area contributed by atoms with Crippen LogP contribution in [0.1, 0.15) is 13.8 Å². The lowest BCUT2D eigenvalue weighted by Gasteiger charge is -2.11. The van der Waals surface area contributed by atoms with Crippen LogP contribution in [0.25, 0.3) is 10.9 Å². The number of aryl methyl sites for hydroxylation is 1. The van der Waals surface area contributed by atoms with Crippen molar-refractivity contribution < 1.29 is 0 Å². The highest BCUT2D eigenvalue weighted by atomic mass is 16.1. The summed E-state index contributed by atoms with van der Waals surface area (Å²) in [7, 11) is 0. The van der Waals surface area contributed by atoms with Crippen LogP contribution >= 0.6 is 0 Å². The van der Waals surface area contributed by atoms with E-state index < -0.39 is 0 Å². The number of rotatable bonds is 3. The topological polar surface area (TPSA) is 34.0 Å². The first-order valence-corrected chi connectivity index (χ1v) is 5.64. The van der Waals surface area contributed by atoms with Crippen molar-refractivity contribution in [3.05, 3.63) is 40.7 Å². The lowest BCUT2D eigenvalue weighted by molar-refractivity contribution is 0.760. The molecule has 16 heavy (non-hydrogen) atoms. The van der Waals surface area contributed by atoms with Gasteiger partial charge >= 0.3 is 0 Å². The molecule has 1 aromatic heterocycles. The Hall–Kier alpha value is -1.77. The average Bonchev–Trinajstić information content (AvgIpc) is 2.31. The van der Waals surface area contributed by atoms with Crippen molar-refractivity contribution in [2.75, 3.05) is 11.9 Å². The van der Waals surface area contributed by atoms with Gasteiger partial charge in [0, 0.05) is 18.5 Å².